The van der Waals surface area contributed by atoms with E-state index < -0.39 is 4.92 Å². The van der Waals surface area contributed by atoms with Gasteiger partial charge >= 0.3 is 0 Å². The SMILES string of the molecule is O=C(/C=C/c1cn(-c2ccccc2)nc1-c1cccc([N+](=O)[O-])c1)Nc1ccccc1. The third kappa shape index (κ3) is 4.73. The Hall–Kier alpha value is -4.52. The van der Waals surface area contributed by atoms with E-state index in [0.29, 0.717) is 22.5 Å². The van der Waals surface area contributed by atoms with Gasteiger partial charge in [-0.25, -0.2) is 4.68 Å². The third-order valence-corrected chi connectivity index (χ3v) is 4.55. The fourth-order valence-electron chi connectivity index (χ4n) is 3.08. The lowest BCUT2D eigenvalue weighted by Gasteiger charge is -2.01. The molecule has 152 valence electrons. The number of nitrogens with one attached hydrogen (secondary N) is 1. The summed E-state index contributed by atoms with van der Waals surface area (Å²) in [6.45, 7) is 0. The number of nitro groups is 1. The number of para-hydroxylation sites is 2. The second-order valence-electron chi connectivity index (χ2n) is 6.71. The molecule has 7 heteroatoms. The Morgan fingerprint density at radius 3 is 2.39 bits per heavy atom. The molecule has 1 aromatic heterocycles. The van der Waals surface area contributed by atoms with Crippen molar-refractivity contribution in [3.8, 4) is 16.9 Å². The number of carbonyl (C=O) groups excluding carboxylic acids is 1. The van der Waals surface area contributed by atoms with E-state index in [-0.39, 0.29) is 11.6 Å². The Morgan fingerprint density at radius 1 is 0.968 bits per heavy atom. The maximum Gasteiger partial charge on any atom is 0.270 e. The second kappa shape index (κ2) is 8.87. The summed E-state index contributed by atoms with van der Waals surface area (Å²) in [5, 5.41) is 18.6. The maximum absolute atomic E-state index is 12.3. The first-order chi connectivity index (χ1) is 15.1. The van der Waals surface area contributed by atoms with E-state index in [1.165, 1.54) is 18.2 Å². The molecule has 0 atom stereocenters. The summed E-state index contributed by atoms with van der Waals surface area (Å²) in [5.41, 5.74) is 3.29. The second-order valence-corrected chi connectivity index (χ2v) is 6.71. The van der Waals surface area contributed by atoms with Crippen molar-refractivity contribution < 1.29 is 9.72 Å². The zero-order chi connectivity index (χ0) is 21.6. The van der Waals surface area contributed by atoms with Gasteiger partial charge in [0.05, 0.1) is 10.6 Å². The summed E-state index contributed by atoms with van der Waals surface area (Å²) in [6, 6.07) is 24.9. The zero-order valence-corrected chi connectivity index (χ0v) is 16.4. The highest BCUT2D eigenvalue weighted by Gasteiger charge is 2.14. The fraction of sp³-hybridized carbons (Fsp3) is 0. The van der Waals surface area contributed by atoms with E-state index in [1.54, 1.807) is 41.2 Å². The zero-order valence-electron chi connectivity index (χ0n) is 16.4. The highest BCUT2D eigenvalue weighted by atomic mass is 16.6. The van der Waals surface area contributed by atoms with Crippen LogP contribution in [0, 0.1) is 10.1 Å². The number of aromatic nitrogens is 2. The molecule has 31 heavy (non-hydrogen) atoms. The Kier molecular flexibility index (Phi) is 5.66. The van der Waals surface area contributed by atoms with E-state index in [0.717, 1.165) is 5.69 Å². The summed E-state index contributed by atoms with van der Waals surface area (Å²) in [6.07, 6.45) is 4.86. The first-order valence-corrected chi connectivity index (χ1v) is 9.54. The van der Waals surface area contributed by atoms with Crippen LogP contribution >= 0.6 is 0 Å². The molecule has 0 aliphatic rings. The fourth-order valence-corrected chi connectivity index (χ4v) is 3.08. The maximum atomic E-state index is 12.3. The predicted molar refractivity (Wildman–Crippen MR) is 120 cm³/mol. The first kappa shape index (κ1) is 19.8. The van der Waals surface area contributed by atoms with Crippen molar-refractivity contribution in [1.82, 2.24) is 9.78 Å². The van der Waals surface area contributed by atoms with Gasteiger partial charge in [0, 0.05) is 41.2 Å². The van der Waals surface area contributed by atoms with E-state index in [4.69, 9.17) is 0 Å². The predicted octanol–water partition coefficient (Wildman–Crippen LogP) is 5.10. The minimum Gasteiger partial charge on any atom is -0.323 e. The van der Waals surface area contributed by atoms with Gasteiger partial charge < -0.3 is 5.32 Å². The molecule has 0 saturated heterocycles. The number of hydrogen-bond acceptors (Lipinski definition) is 4. The lowest BCUT2D eigenvalue weighted by Crippen LogP contribution is -2.07. The largest absolute Gasteiger partial charge is 0.323 e. The van der Waals surface area contributed by atoms with Crippen LogP contribution in [0.3, 0.4) is 0 Å². The molecule has 0 saturated carbocycles. The molecule has 0 radical (unpaired) electrons. The molecule has 0 spiro atoms. The number of amides is 1. The highest BCUT2D eigenvalue weighted by Crippen LogP contribution is 2.27. The number of nitro benzene ring substituents is 1. The van der Waals surface area contributed by atoms with Crippen molar-refractivity contribution >= 4 is 23.4 Å². The Balaban J connectivity index is 1.70. The number of carbonyl (C=O) groups is 1. The number of hydrogen-bond donors (Lipinski definition) is 1. The molecule has 1 amide bonds. The molecule has 1 N–H and O–H groups in total. The molecule has 0 aliphatic carbocycles. The smallest absolute Gasteiger partial charge is 0.270 e. The summed E-state index contributed by atoms with van der Waals surface area (Å²) in [4.78, 5) is 23.1. The van der Waals surface area contributed by atoms with E-state index in [9.17, 15) is 14.9 Å². The van der Waals surface area contributed by atoms with E-state index in [1.807, 2.05) is 48.5 Å². The van der Waals surface area contributed by atoms with Crippen molar-refractivity contribution in [3.63, 3.8) is 0 Å². The summed E-state index contributed by atoms with van der Waals surface area (Å²) >= 11 is 0. The molecule has 1 heterocycles. The standard InChI is InChI=1S/C24H18N4O3/c29-23(25-20-9-3-1-4-10-20)15-14-19-17-27(21-11-5-2-6-12-21)26-24(19)18-8-7-13-22(16-18)28(30)31/h1-17H,(H,25,29)/b15-14+. The quantitative estimate of drug-likeness (QED) is 0.272. The monoisotopic (exact) mass is 410 g/mol. The number of non-ortho nitro benzene ring substituents is 1. The molecule has 3 aromatic carbocycles. The van der Waals surface area contributed by atoms with Crippen LogP contribution in [0.15, 0.2) is 97.2 Å². The summed E-state index contributed by atoms with van der Waals surface area (Å²) in [5.74, 6) is -0.288. The van der Waals surface area contributed by atoms with Gasteiger partial charge in [0.1, 0.15) is 5.69 Å². The van der Waals surface area contributed by atoms with Gasteiger partial charge in [0.2, 0.25) is 5.91 Å². The van der Waals surface area contributed by atoms with Gasteiger partial charge in [0.25, 0.3) is 5.69 Å². The van der Waals surface area contributed by atoms with Crippen LogP contribution in [-0.4, -0.2) is 20.6 Å². The normalized spacial score (nSPS) is 10.8. The van der Waals surface area contributed by atoms with Crippen LogP contribution in [-0.2, 0) is 4.79 Å². The third-order valence-electron chi connectivity index (χ3n) is 4.55. The molecule has 7 nitrogen and oxygen atoms in total. The average Bonchev–Trinajstić information content (AvgIpc) is 3.23. The van der Waals surface area contributed by atoms with Crippen LogP contribution in [0.5, 0.6) is 0 Å². The van der Waals surface area contributed by atoms with Crippen molar-refractivity contribution in [2.24, 2.45) is 0 Å². The van der Waals surface area contributed by atoms with E-state index in [2.05, 4.69) is 10.4 Å². The summed E-state index contributed by atoms with van der Waals surface area (Å²) < 4.78 is 1.68. The van der Waals surface area contributed by atoms with Crippen LogP contribution in [0.2, 0.25) is 0 Å². The minimum atomic E-state index is -0.444. The lowest BCUT2D eigenvalue weighted by atomic mass is 10.1. The molecule has 0 unspecified atom stereocenters. The van der Waals surface area contributed by atoms with Crippen LogP contribution in [0.1, 0.15) is 5.56 Å². The van der Waals surface area contributed by atoms with Crippen molar-refractivity contribution in [2.75, 3.05) is 5.32 Å². The van der Waals surface area contributed by atoms with Crippen molar-refractivity contribution in [3.05, 3.63) is 113 Å². The van der Waals surface area contributed by atoms with E-state index >= 15 is 0 Å². The average molecular weight is 410 g/mol. The molecular formula is C24H18N4O3. The van der Waals surface area contributed by atoms with Crippen LogP contribution in [0.25, 0.3) is 23.0 Å². The Morgan fingerprint density at radius 2 is 1.68 bits per heavy atom. The summed E-state index contributed by atoms with van der Waals surface area (Å²) in [7, 11) is 0. The van der Waals surface area contributed by atoms with Gasteiger partial charge in [0.15, 0.2) is 0 Å². The molecular weight excluding hydrogens is 392 g/mol. The number of anilines is 1. The van der Waals surface area contributed by atoms with Gasteiger partial charge in [-0.15, -0.1) is 0 Å². The van der Waals surface area contributed by atoms with Crippen LogP contribution < -0.4 is 5.32 Å². The number of nitrogens with zero attached hydrogens (tertiary/aromatic N) is 3. The van der Waals surface area contributed by atoms with Crippen LogP contribution in [0.4, 0.5) is 11.4 Å². The molecule has 4 aromatic rings. The Labute approximate surface area is 178 Å². The van der Waals surface area contributed by atoms with Gasteiger partial charge in [-0.3, -0.25) is 14.9 Å². The topological polar surface area (TPSA) is 90.1 Å². The molecule has 0 bridgehead atoms. The molecule has 0 fully saturated rings. The number of rotatable bonds is 6. The van der Waals surface area contributed by atoms with Gasteiger partial charge in [-0.1, -0.05) is 48.5 Å². The first-order valence-electron chi connectivity index (χ1n) is 9.54. The van der Waals surface area contributed by atoms with Crippen molar-refractivity contribution in [2.45, 2.75) is 0 Å². The lowest BCUT2D eigenvalue weighted by molar-refractivity contribution is -0.384. The number of benzene rings is 3. The molecule has 4 rings (SSSR count). The Bertz CT molecular complexity index is 1250. The van der Waals surface area contributed by atoms with Crippen molar-refractivity contribution in [1.29, 1.82) is 0 Å². The minimum absolute atomic E-state index is 0.0245. The van der Waals surface area contributed by atoms with Gasteiger partial charge in [-0.2, -0.15) is 5.10 Å². The highest BCUT2D eigenvalue weighted by molar-refractivity contribution is 6.02. The van der Waals surface area contributed by atoms with Gasteiger partial charge in [-0.05, 0) is 30.3 Å². The molecule has 0 aliphatic heterocycles.